The Balaban J connectivity index is 1.43. The Labute approximate surface area is 159 Å². The fourth-order valence-corrected chi connectivity index (χ4v) is 3.67. The van der Waals surface area contributed by atoms with Crippen LogP contribution in [0.15, 0.2) is 55.0 Å². The Kier molecular flexibility index (Phi) is 4.81. The first-order chi connectivity index (χ1) is 13.1. The monoisotopic (exact) mass is 363 g/mol. The molecule has 0 N–H and O–H groups in total. The maximum absolute atomic E-state index is 13.1. The average molecular weight is 363 g/mol. The molecule has 0 atom stereocenters. The lowest BCUT2D eigenvalue weighted by Gasteiger charge is -2.35. The van der Waals surface area contributed by atoms with Gasteiger partial charge in [0.1, 0.15) is 11.4 Å². The molecule has 0 bridgehead atoms. The van der Waals surface area contributed by atoms with Gasteiger partial charge < -0.3 is 9.47 Å². The first-order valence-corrected chi connectivity index (χ1v) is 9.35. The van der Waals surface area contributed by atoms with E-state index in [9.17, 15) is 4.79 Å². The van der Waals surface area contributed by atoms with Crippen molar-refractivity contribution in [1.29, 1.82) is 0 Å². The van der Waals surface area contributed by atoms with Crippen LogP contribution >= 0.6 is 0 Å². The number of rotatable bonds is 4. The molecule has 4 rings (SSSR count). The van der Waals surface area contributed by atoms with E-state index in [-0.39, 0.29) is 5.91 Å². The Morgan fingerprint density at radius 1 is 1.04 bits per heavy atom. The number of piperazine rings is 1. The van der Waals surface area contributed by atoms with E-state index in [4.69, 9.17) is 0 Å². The largest absolute Gasteiger partial charge is 0.336 e. The number of nitrogens with zero attached hydrogens (tertiary/aromatic N) is 5. The molecular weight excluding hydrogens is 338 g/mol. The quantitative estimate of drug-likeness (QED) is 0.715. The Bertz CT molecular complexity index is 920. The molecule has 1 saturated heterocycles. The highest BCUT2D eigenvalue weighted by molar-refractivity contribution is 5.97. The molecule has 0 radical (unpaired) electrons. The highest BCUT2D eigenvalue weighted by Gasteiger charge is 2.26. The number of hydrogen-bond acceptors (Lipinski definition) is 3. The summed E-state index contributed by atoms with van der Waals surface area (Å²) in [5, 5.41) is 4.31. The molecule has 1 aliphatic rings. The number of amides is 1. The molecule has 3 heterocycles. The van der Waals surface area contributed by atoms with Crippen molar-refractivity contribution in [2.45, 2.75) is 13.5 Å². The average Bonchev–Trinajstić information content (AvgIpc) is 3.33. The molecular formula is C21H25N5O. The zero-order valence-electron chi connectivity index (χ0n) is 15.9. The van der Waals surface area contributed by atoms with Gasteiger partial charge in [0.25, 0.3) is 5.91 Å². The molecule has 1 amide bonds. The van der Waals surface area contributed by atoms with Gasteiger partial charge in [0, 0.05) is 52.2 Å². The highest BCUT2D eigenvalue weighted by atomic mass is 16.2. The van der Waals surface area contributed by atoms with Crippen LogP contribution in [0.25, 0.3) is 5.82 Å². The van der Waals surface area contributed by atoms with Crippen molar-refractivity contribution in [2.24, 2.45) is 7.05 Å². The summed E-state index contributed by atoms with van der Waals surface area (Å²) in [5.74, 6) is 0.870. The van der Waals surface area contributed by atoms with Gasteiger partial charge in [-0.2, -0.15) is 5.10 Å². The first-order valence-electron chi connectivity index (χ1n) is 9.35. The molecule has 0 saturated carbocycles. The van der Waals surface area contributed by atoms with Crippen molar-refractivity contribution in [1.82, 2.24) is 24.1 Å². The molecule has 1 fully saturated rings. The summed E-state index contributed by atoms with van der Waals surface area (Å²) in [6.45, 7) is 6.35. The van der Waals surface area contributed by atoms with Crippen molar-refractivity contribution < 1.29 is 4.79 Å². The first kappa shape index (κ1) is 17.5. The van der Waals surface area contributed by atoms with E-state index in [1.165, 1.54) is 11.1 Å². The molecule has 3 aromatic rings. The second-order valence-electron chi connectivity index (χ2n) is 7.09. The molecule has 2 aromatic heterocycles. The van der Waals surface area contributed by atoms with E-state index in [0.717, 1.165) is 38.5 Å². The minimum Gasteiger partial charge on any atom is -0.336 e. The predicted molar refractivity (Wildman–Crippen MR) is 105 cm³/mol. The fourth-order valence-electron chi connectivity index (χ4n) is 3.67. The minimum absolute atomic E-state index is 0.0577. The third-order valence-corrected chi connectivity index (χ3v) is 5.30. The lowest BCUT2D eigenvalue weighted by atomic mass is 10.1. The van der Waals surface area contributed by atoms with Gasteiger partial charge in [0.15, 0.2) is 0 Å². The molecule has 27 heavy (non-hydrogen) atoms. The summed E-state index contributed by atoms with van der Waals surface area (Å²) in [7, 11) is 1.87. The fraction of sp³-hybridized carbons (Fsp3) is 0.333. The Hall–Kier alpha value is -2.86. The van der Waals surface area contributed by atoms with E-state index >= 15 is 0 Å². The number of benzene rings is 1. The molecule has 1 aromatic carbocycles. The Morgan fingerprint density at radius 3 is 2.44 bits per heavy atom. The summed E-state index contributed by atoms with van der Waals surface area (Å²) in [5.41, 5.74) is 3.34. The van der Waals surface area contributed by atoms with Gasteiger partial charge >= 0.3 is 0 Å². The van der Waals surface area contributed by atoms with Crippen LogP contribution in [-0.4, -0.2) is 56.2 Å². The molecule has 0 spiro atoms. The van der Waals surface area contributed by atoms with Crippen molar-refractivity contribution in [3.05, 3.63) is 71.7 Å². The lowest BCUT2D eigenvalue weighted by Crippen LogP contribution is -2.48. The van der Waals surface area contributed by atoms with Crippen LogP contribution in [0, 0.1) is 6.92 Å². The van der Waals surface area contributed by atoms with Gasteiger partial charge in [0.2, 0.25) is 0 Å². The minimum atomic E-state index is 0.0577. The summed E-state index contributed by atoms with van der Waals surface area (Å²) >= 11 is 0. The summed E-state index contributed by atoms with van der Waals surface area (Å²) < 4.78 is 3.69. The molecule has 0 unspecified atom stereocenters. The van der Waals surface area contributed by atoms with Crippen molar-refractivity contribution in [3.8, 4) is 5.82 Å². The van der Waals surface area contributed by atoms with Crippen LogP contribution in [0.5, 0.6) is 0 Å². The van der Waals surface area contributed by atoms with Crippen molar-refractivity contribution in [3.63, 3.8) is 0 Å². The zero-order valence-corrected chi connectivity index (χ0v) is 15.9. The summed E-state index contributed by atoms with van der Waals surface area (Å²) in [4.78, 5) is 17.5. The highest BCUT2D eigenvalue weighted by Crippen LogP contribution is 2.18. The van der Waals surface area contributed by atoms with Crippen LogP contribution in [0.4, 0.5) is 0 Å². The second kappa shape index (κ2) is 7.40. The molecule has 140 valence electrons. The molecule has 6 nitrogen and oxygen atoms in total. The zero-order chi connectivity index (χ0) is 18.8. The van der Waals surface area contributed by atoms with E-state index in [0.29, 0.717) is 5.56 Å². The number of aromatic nitrogens is 3. The smallest absolute Gasteiger partial charge is 0.259 e. The van der Waals surface area contributed by atoms with E-state index in [2.05, 4.69) is 41.2 Å². The van der Waals surface area contributed by atoms with Crippen molar-refractivity contribution in [2.75, 3.05) is 26.2 Å². The normalized spacial score (nSPS) is 15.3. The standard InChI is InChI=1S/C21H25N5O/c1-17-7-3-4-8-18(17)16-24-11-13-26(14-12-24)21(27)19-15-22-23(2)20(19)25-9-5-6-10-25/h3-10,15H,11-14,16H2,1-2H3. The predicted octanol–water partition coefficient (Wildman–Crippen LogP) is 2.48. The molecule has 6 heteroatoms. The molecule has 1 aliphatic heterocycles. The van der Waals surface area contributed by atoms with Gasteiger partial charge in [-0.25, -0.2) is 0 Å². The van der Waals surface area contributed by atoms with Crippen LogP contribution in [0.1, 0.15) is 21.5 Å². The third kappa shape index (κ3) is 3.53. The van der Waals surface area contributed by atoms with E-state index < -0.39 is 0 Å². The third-order valence-electron chi connectivity index (χ3n) is 5.30. The van der Waals surface area contributed by atoms with Crippen LogP contribution < -0.4 is 0 Å². The SMILES string of the molecule is Cc1ccccc1CN1CCN(C(=O)c2cnn(C)c2-n2cccc2)CC1. The van der Waals surface area contributed by atoms with Crippen LogP contribution in [-0.2, 0) is 13.6 Å². The number of carbonyl (C=O) groups excluding carboxylic acids is 1. The van der Waals surface area contributed by atoms with Gasteiger partial charge in [0.05, 0.1) is 6.20 Å². The van der Waals surface area contributed by atoms with Crippen molar-refractivity contribution >= 4 is 5.91 Å². The van der Waals surface area contributed by atoms with E-state index in [1.54, 1.807) is 10.9 Å². The second-order valence-corrected chi connectivity index (χ2v) is 7.09. The topological polar surface area (TPSA) is 46.3 Å². The summed E-state index contributed by atoms with van der Waals surface area (Å²) in [6.07, 6.45) is 5.55. The van der Waals surface area contributed by atoms with Crippen LogP contribution in [0.2, 0.25) is 0 Å². The van der Waals surface area contributed by atoms with Gasteiger partial charge in [-0.05, 0) is 30.2 Å². The Morgan fingerprint density at radius 2 is 1.74 bits per heavy atom. The maximum atomic E-state index is 13.1. The van der Waals surface area contributed by atoms with Crippen LogP contribution in [0.3, 0.4) is 0 Å². The lowest BCUT2D eigenvalue weighted by molar-refractivity contribution is 0.0628. The molecule has 0 aliphatic carbocycles. The summed E-state index contributed by atoms with van der Waals surface area (Å²) in [6, 6.07) is 12.4. The van der Waals surface area contributed by atoms with Gasteiger partial charge in [-0.3, -0.25) is 14.4 Å². The number of hydrogen-bond donors (Lipinski definition) is 0. The van der Waals surface area contributed by atoms with Gasteiger partial charge in [-0.1, -0.05) is 24.3 Å². The number of aryl methyl sites for hydroxylation is 2. The van der Waals surface area contributed by atoms with Gasteiger partial charge in [-0.15, -0.1) is 0 Å². The number of carbonyl (C=O) groups is 1. The maximum Gasteiger partial charge on any atom is 0.259 e. The van der Waals surface area contributed by atoms with E-state index in [1.807, 2.05) is 41.0 Å².